The number of halogens is 11. The number of rotatable bonds is 22. The summed E-state index contributed by atoms with van der Waals surface area (Å²) in [5.74, 6) is -8.84. The molecule has 3 heterocycles. The third kappa shape index (κ3) is 18.8. The highest BCUT2D eigenvalue weighted by atomic mass is 35.5. The van der Waals surface area contributed by atoms with E-state index in [0.717, 1.165) is 42.7 Å². The van der Waals surface area contributed by atoms with Gasteiger partial charge in [-0.3, -0.25) is 37.7 Å². The zero-order valence-electron chi connectivity index (χ0n) is 53.4. The number of carbonyl (C=O) groups excluding carboxylic acids is 4. The summed E-state index contributed by atoms with van der Waals surface area (Å²) in [6, 6.07) is 4.43. The van der Waals surface area contributed by atoms with Gasteiger partial charge in [0.15, 0.2) is 21.3 Å². The number of ether oxygens (including phenoxy) is 2. The summed E-state index contributed by atoms with van der Waals surface area (Å²) in [4.78, 5) is 61.0. The lowest BCUT2D eigenvalue weighted by atomic mass is 9.93. The lowest BCUT2D eigenvalue weighted by Crippen LogP contribution is -2.41. The van der Waals surface area contributed by atoms with Gasteiger partial charge in [0.05, 0.1) is 45.1 Å². The molecule has 0 aliphatic heterocycles. The molecule has 7 rings (SSSR count). The van der Waals surface area contributed by atoms with Gasteiger partial charge in [-0.25, -0.2) is 44.5 Å². The predicted molar refractivity (Wildman–Crippen MR) is 323 cm³/mol. The largest absolute Gasteiger partial charge is 0.478 e. The lowest BCUT2D eigenvalue weighted by Gasteiger charge is -2.31. The Labute approximate surface area is 545 Å². The zero-order valence-corrected chi connectivity index (χ0v) is 56.7. The second kappa shape index (κ2) is 26.8. The number of hydrogen-bond acceptors (Lipinski definition) is 17. The topological polar surface area (TPSA) is 267 Å². The van der Waals surface area contributed by atoms with Crippen LogP contribution in [-0.2, 0) is 93.5 Å². The van der Waals surface area contributed by atoms with Crippen LogP contribution in [0.4, 0.5) is 54.5 Å². The van der Waals surface area contributed by atoms with Crippen LogP contribution in [0, 0.1) is 29.4 Å². The van der Waals surface area contributed by atoms with Gasteiger partial charge < -0.3 is 14.8 Å². The van der Waals surface area contributed by atoms with Gasteiger partial charge >= 0.3 is 32.2 Å². The second-order valence-corrected chi connectivity index (χ2v) is 32.4. The molecule has 1 fully saturated rings. The van der Waals surface area contributed by atoms with Crippen LogP contribution in [0.2, 0.25) is 5.02 Å². The summed E-state index contributed by atoms with van der Waals surface area (Å²) in [5.41, 5.74) is -9.78. The van der Waals surface area contributed by atoms with Gasteiger partial charge in [-0.05, 0) is 143 Å². The molecule has 95 heavy (non-hydrogen) atoms. The Hall–Kier alpha value is -6.89. The maximum Gasteiger partial charge on any atom is 0.478 e. The molecule has 0 unspecified atom stereocenters. The second-order valence-electron chi connectivity index (χ2n) is 26.1. The van der Waals surface area contributed by atoms with E-state index < -0.39 is 223 Å². The van der Waals surface area contributed by atoms with Crippen LogP contribution < -0.4 is 9.62 Å². The van der Waals surface area contributed by atoms with Crippen LogP contribution in [0.3, 0.4) is 0 Å². The van der Waals surface area contributed by atoms with E-state index in [9.17, 15) is 66.9 Å². The average Bonchev–Trinajstić information content (AvgIpc) is 1.52. The Morgan fingerprint density at radius 2 is 1.44 bits per heavy atom. The van der Waals surface area contributed by atoms with E-state index >= 15 is 17.6 Å². The number of carbonyl (C=O) groups is 4. The van der Waals surface area contributed by atoms with Gasteiger partial charge in [-0.15, -0.1) is 0 Å². The van der Waals surface area contributed by atoms with Gasteiger partial charge in [-0.1, -0.05) is 23.6 Å². The summed E-state index contributed by atoms with van der Waals surface area (Å²) in [6.45, 7) is 10.1. The molecule has 3 aromatic heterocycles. The van der Waals surface area contributed by atoms with Gasteiger partial charge in [-0.2, -0.15) is 49.6 Å². The normalized spacial score (nSPS) is 16.3. The average molecular weight is 1430 g/mol. The van der Waals surface area contributed by atoms with Crippen molar-refractivity contribution in [2.24, 2.45) is 5.92 Å². The Bertz CT molecular complexity index is 4150. The number of fused-ring (bicyclic) bond motifs is 4. The van der Waals surface area contributed by atoms with Crippen LogP contribution >= 0.6 is 19.4 Å². The zero-order chi connectivity index (χ0) is 71.5. The molecule has 2 aromatic carbocycles. The predicted octanol–water partition coefficient (Wildman–Crippen LogP) is 11.9. The minimum Gasteiger partial charge on any atom is -0.459 e. The number of benzene rings is 2. The fourth-order valence-electron chi connectivity index (χ4n) is 10.1. The fraction of sp³-hybridized carbons (Fsp3) is 0.542. The maximum absolute atomic E-state index is 15.8. The summed E-state index contributed by atoms with van der Waals surface area (Å²) >= 11 is 6.79. The van der Waals surface area contributed by atoms with Crippen molar-refractivity contribution < 1.29 is 108 Å². The van der Waals surface area contributed by atoms with E-state index in [0.29, 0.717) is 17.2 Å². The fourth-order valence-corrected chi connectivity index (χ4v) is 13.2. The molecule has 522 valence electrons. The number of pyridine rings is 1. The Balaban J connectivity index is 1.35. The first-order valence-electron chi connectivity index (χ1n) is 28.8. The summed E-state index contributed by atoms with van der Waals surface area (Å²) in [7, 11) is -13.5. The highest BCUT2D eigenvalue weighted by molar-refractivity contribution is 7.93. The van der Waals surface area contributed by atoms with Gasteiger partial charge in [0.25, 0.3) is 5.92 Å². The van der Waals surface area contributed by atoms with Crippen molar-refractivity contribution in [1.82, 2.24) is 34.8 Å². The molecule has 36 heteroatoms. The monoisotopic (exact) mass is 1430 g/mol. The lowest BCUT2D eigenvalue weighted by molar-refractivity contribution is -0.156. The van der Waals surface area contributed by atoms with Crippen molar-refractivity contribution in [2.45, 2.75) is 167 Å². The SMILES string of the molecule is CC(C)(C)OC(=O)CN(CCCC(=O)N(c1nn(CC(F)(F)F)c2c(-c3ccc(C#CC(C)(C)S(C)(=O)=O)nc3[C@H](Cc3cc(F)cc(F)c3)NC(=O)Cn3nc(C(F)(F)F)c4c3C(F)(F)[C@@H]3C[C@H]43)ccc(Cl)c12)S(C)(=O)=O)C(=O)OCOP(=O)(OC(C)(C)C)OC(C)(C)C. The van der Waals surface area contributed by atoms with Crippen molar-refractivity contribution in [3.8, 4) is 23.0 Å². The number of sulfone groups is 1. The summed E-state index contributed by atoms with van der Waals surface area (Å²) < 4.78 is 242. The minimum atomic E-state index is -5.27. The van der Waals surface area contributed by atoms with Gasteiger partial charge in [0.2, 0.25) is 28.6 Å². The molecule has 3 amide bonds. The van der Waals surface area contributed by atoms with Crippen molar-refractivity contribution in [3.05, 3.63) is 93.0 Å². The molecular formula is C59H68ClF10N8O14PS2. The van der Waals surface area contributed by atoms with E-state index in [1.54, 1.807) is 0 Å². The van der Waals surface area contributed by atoms with E-state index in [4.69, 9.17) is 34.6 Å². The molecule has 3 atom stereocenters. The molecule has 5 aromatic rings. The number of anilines is 1. The Morgan fingerprint density at radius 1 is 0.842 bits per heavy atom. The van der Waals surface area contributed by atoms with Crippen LogP contribution in [0.15, 0.2) is 42.5 Å². The number of hydrogen-bond donors (Lipinski definition) is 1. The smallest absolute Gasteiger partial charge is 0.459 e. The number of phosphoric ester groups is 1. The Morgan fingerprint density at radius 3 is 1.99 bits per heavy atom. The highest BCUT2D eigenvalue weighted by Gasteiger charge is 2.68. The van der Waals surface area contributed by atoms with Crippen LogP contribution in [0.1, 0.15) is 141 Å². The van der Waals surface area contributed by atoms with Crippen LogP contribution in [0.5, 0.6) is 0 Å². The quantitative estimate of drug-likeness (QED) is 0.0222. The molecule has 0 bridgehead atoms. The molecule has 1 saturated carbocycles. The van der Waals surface area contributed by atoms with E-state index in [-0.39, 0.29) is 36.9 Å². The molecule has 2 aliphatic rings. The standard InChI is InChI=1S/C59H68ClF10N8O14PS2/c1-53(2,3)90-44(81)29-75(52(82)88-31-89-93(83,91-54(4,5)6)92-55(7,8)9)22-14-15-43(80)78(95(13,86)87)51-46-40(60)19-18-37(48(46)77(74-51)30-57(63,64)65)36-17-16-35(20-21-56(10,11)94(12,84)85)71-47(36)41(25-32-23-33(61)26-34(62)24-32)72-42(79)28-76-50-45(49(73-76)59(68,69)70)38-27-39(38)58(50,66)67/h16-19,23-24,26,38-39,41H,14-15,22,25,27-31H2,1-13H3,(H,72,79)/t38-,39+,41-/m0/s1. The molecule has 0 saturated heterocycles. The van der Waals surface area contributed by atoms with Crippen molar-refractivity contribution in [2.75, 3.05) is 36.7 Å². The minimum absolute atomic E-state index is 0.0103. The van der Waals surface area contributed by atoms with Crippen molar-refractivity contribution in [1.29, 1.82) is 0 Å². The first-order chi connectivity index (χ1) is 43.2. The molecule has 1 N–H and O–H groups in total. The summed E-state index contributed by atoms with van der Waals surface area (Å²) in [6.07, 6.45) is -13.1. The number of esters is 1. The molecule has 2 aliphatic carbocycles. The third-order valence-corrected chi connectivity index (χ3v) is 19.3. The van der Waals surface area contributed by atoms with E-state index in [1.807, 2.05) is 0 Å². The first-order valence-corrected chi connectivity index (χ1v) is 34.4. The van der Waals surface area contributed by atoms with Crippen molar-refractivity contribution in [3.63, 3.8) is 0 Å². The van der Waals surface area contributed by atoms with E-state index in [1.165, 1.54) is 76.2 Å². The highest BCUT2D eigenvalue weighted by Crippen LogP contribution is 2.68. The number of alkyl halides is 8. The molecular weight excluding hydrogens is 1370 g/mol. The maximum atomic E-state index is 15.8. The first kappa shape index (κ1) is 75.5. The Kier molecular flexibility index (Phi) is 21.3. The number of nitrogens with one attached hydrogen (secondary N) is 1. The number of amides is 3. The summed E-state index contributed by atoms with van der Waals surface area (Å²) in [5, 5.41) is 8.57. The molecule has 22 nitrogen and oxygen atoms in total. The third-order valence-electron chi connectivity index (χ3n) is 14.0. The number of phosphoric acid groups is 1. The number of sulfonamides is 1. The van der Waals surface area contributed by atoms with Crippen LogP contribution in [-0.4, -0.2) is 130 Å². The molecule has 0 radical (unpaired) electrons. The number of nitrogens with zero attached hydrogens (tertiary/aromatic N) is 7. The van der Waals surface area contributed by atoms with Crippen LogP contribution in [0.25, 0.3) is 22.0 Å². The number of aromatic nitrogens is 5. The van der Waals surface area contributed by atoms with Gasteiger partial charge in [0, 0.05) is 47.9 Å². The van der Waals surface area contributed by atoms with E-state index in [2.05, 4.69) is 32.3 Å². The van der Waals surface area contributed by atoms with Crippen molar-refractivity contribution >= 4 is 79.9 Å². The molecule has 0 spiro atoms. The van der Waals surface area contributed by atoms with Gasteiger partial charge in [0.1, 0.15) is 53.0 Å².